The quantitative estimate of drug-likeness (QED) is 0.849. The van der Waals surface area contributed by atoms with E-state index >= 15 is 0 Å². The van der Waals surface area contributed by atoms with Crippen LogP contribution in [0.15, 0.2) is 18.2 Å². The van der Waals surface area contributed by atoms with Crippen LogP contribution in [0.4, 0.5) is 0 Å². The molecule has 0 saturated carbocycles. The van der Waals surface area contributed by atoms with Gasteiger partial charge in [-0.05, 0) is 37.3 Å². The third-order valence-corrected chi connectivity index (χ3v) is 3.74. The SMILES string of the molecule is CC(NC(=O)c1ccc(Cl)cc1Cl)c1n[nH]c(=S)n1C. The normalized spacial score (nSPS) is 12.2. The molecule has 0 aliphatic carbocycles. The van der Waals surface area contributed by atoms with E-state index in [4.69, 9.17) is 35.4 Å². The van der Waals surface area contributed by atoms with Crippen molar-refractivity contribution >= 4 is 41.3 Å². The Labute approximate surface area is 130 Å². The van der Waals surface area contributed by atoms with Crippen molar-refractivity contribution in [3.63, 3.8) is 0 Å². The van der Waals surface area contributed by atoms with Crippen LogP contribution in [0.25, 0.3) is 0 Å². The van der Waals surface area contributed by atoms with E-state index in [1.807, 2.05) is 6.92 Å². The molecule has 5 nitrogen and oxygen atoms in total. The third-order valence-electron chi connectivity index (χ3n) is 2.83. The number of hydrogen-bond donors (Lipinski definition) is 2. The summed E-state index contributed by atoms with van der Waals surface area (Å²) in [5.41, 5.74) is 0.361. The van der Waals surface area contributed by atoms with E-state index in [1.54, 1.807) is 23.7 Å². The number of H-pyrrole nitrogens is 1. The molecule has 0 spiro atoms. The van der Waals surface area contributed by atoms with Crippen molar-refractivity contribution in [2.45, 2.75) is 13.0 Å². The van der Waals surface area contributed by atoms with Crippen LogP contribution >= 0.6 is 35.4 Å². The monoisotopic (exact) mass is 330 g/mol. The van der Waals surface area contributed by atoms with Gasteiger partial charge in [0.1, 0.15) is 0 Å². The van der Waals surface area contributed by atoms with Crippen LogP contribution in [0.1, 0.15) is 29.1 Å². The van der Waals surface area contributed by atoms with Crippen molar-refractivity contribution in [2.24, 2.45) is 7.05 Å². The van der Waals surface area contributed by atoms with Gasteiger partial charge in [-0.15, -0.1) is 0 Å². The summed E-state index contributed by atoms with van der Waals surface area (Å²) >= 11 is 16.8. The van der Waals surface area contributed by atoms with E-state index in [0.29, 0.717) is 26.2 Å². The number of hydrogen-bond acceptors (Lipinski definition) is 3. The van der Waals surface area contributed by atoms with Crippen LogP contribution in [0.3, 0.4) is 0 Å². The molecular formula is C12H12Cl2N4OS. The molecule has 0 saturated heterocycles. The van der Waals surface area contributed by atoms with E-state index in [9.17, 15) is 4.79 Å². The van der Waals surface area contributed by atoms with E-state index < -0.39 is 0 Å². The smallest absolute Gasteiger partial charge is 0.253 e. The number of aromatic amines is 1. The molecule has 1 aromatic carbocycles. The molecule has 0 aliphatic heterocycles. The summed E-state index contributed by atoms with van der Waals surface area (Å²) in [5.74, 6) is 0.335. The predicted octanol–water partition coefficient (Wildman–Crippen LogP) is 3.28. The zero-order valence-electron chi connectivity index (χ0n) is 10.8. The maximum atomic E-state index is 12.2. The number of nitrogens with one attached hydrogen (secondary N) is 2. The number of aromatic nitrogens is 3. The topological polar surface area (TPSA) is 62.7 Å². The average molecular weight is 331 g/mol. The highest BCUT2D eigenvalue weighted by Crippen LogP contribution is 2.21. The summed E-state index contributed by atoms with van der Waals surface area (Å²) in [7, 11) is 1.78. The molecule has 1 atom stereocenters. The Morgan fingerprint density at radius 3 is 2.75 bits per heavy atom. The molecule has 1 aromatic heterocycles. The minimum Gasteiger partial charge on any atom is -0.342 e. The molecule has 1 unspecified atom stereocenters. The van der Waals surface area contributed by atoms with Crippen LogP contribution in [0.2, 0.25) is 10.0 Å². The number of amides is 1. The molecule has 2 aromatic rings. The highest BCUT2D eigenvalue weighted by atomic mass is 35.5. The zero-order valence-corrected chi connectivity index (χ0v) is 13.1. The van der Waals surface area contributed by atoms with Gasteiger partial charge in [-0.1, -0.05) is 23.2 Å². The van der Waals surface area contributed by atoms with Gasteiger partial charge >= 0.3 is 0 Å². The van der Waals surface area contributed by atoms with Crippen LogP contribution in [0, 0.1) is 4.77 Å². The van der Waals surface area contributed by atoms with Crippen molar-refractivity contribution in [1.29, 1.82) is 0 Å². The fourth-order valence-corrected chi connectivity index (χ4v) is 2.39. The third kappa shape index (κ3) is 3.03. The van der Waals surface area contributed by atoms with Gasteiger partial charge in [-0.3, -0.25) is 9.89 Å². The van der Waals surface area contributed by atoms with Gasteiger partial charge < -0.3 is 9.88 Å². The lowest BCUT2D eigenvalue weighted by molar-refractivity contribution is 0.0938. The first kappa shape index (κ1) is 15.0. The summed E-state index contributed by atoms with van der Waals surface area (Å²) < 4.78 is 2.19. The summed E-state index contributed by atoms with van der Waals surface area (Å²) in [6.45, 7) is 1.81. The lowest BCUT2D eigenvalue weighted by atomic mass is 10.2. The van der Waals surface area contributed by atoms with Gasteiger partial charge in [0.15, 0.2) is 10.6 Å². The molecule has 0 radical (unpaired) electrons. The van der Waals surface area contributed by atoms with E-state index in [1.165, 1.54) is 6.07 Å². The van der Waals surface area contributed by atoms with Gasteiger partial charge in [0, 0.05) is 12.1 Å². The van der Waals surface area contributed by atoms with Gasteiger partial charge in [-0.25, -0.2) is 0 Å². The maximum absolute atomic E-state index is 12.2. The molecule has 0 fully saturated rings. The number of carbonyl (C=O) groups is 1. The van der Waals surface area contributed by atoms with Gasteiger partial charge in [0.2, 0.25) is 0 Å². The maximum Gasteiger partial charge on any atom is 0.253 e. The van der Waals surface area contributed by atoms with Crippen molar-refractivity contribution in [2.75, 3.05) is 0 Å². The Morgan fingerprint density at radius 2 is 2.20 bits per heavy atom. The zero-order chi connectivity index (χ0) is 14.9. The molecule has 0 aliphatic rings. The first-order chi connectivity index (χ1) is 9.40. The summed E-state index contributed by atoms with van der Waals surface area (Å²) in [5, 5.41) is 10.3. The molecule has 20 heavy (non-hydrogen) atoms. The second-order valence-corrected chi connectivity index (χ2v) is 5.50. The Bertz CT molecular complexity index is 710. The summed E-state index contributed by atoms with van der Waals surface area (Å²) in [6.07, 6.45) is 0. The summed E-state index contributed by atoms with van der Waals surface area (Å²) in [6, 6.07) is 4.41. The van der Waals surface area contributed by atoms with Crippen LogP contribution in [-0.2, 0) is 7.05 Å². The minimum absolute atomic E-state index is 0.298. The van der Waals surface area contributed by atoms with Crippen LogP contribution < -0.4 is 5.32 Å². The molecule has 1 amide bonds. The minimum atomic E-state index is -0.313. The molecule has 8 heteroatoms. The lowest BCUT2D eigenvalue weighted by Gasteiger charge is -2.13. The van der Waals surface area contributed by atoms with Crippen molar-refractivity contribution in [3.05, 3.63) is 44.4 Å². The Kier molecular flexibility index (Phi) is 4.47. The van der Waals surface area contributed by atoms with Crippen molar-refractivity contribution in [1.82, 2.24) is 20.1 Å². The van der Waals surface area contributed by atoms with Crippen molar-refractivity contribution in [3.8, 4) is 0 Å². The predicted molar refractivity (Wildman–Crippen MR) is 80.7 cm³/mol. The lowest BCUT2D eigenvalue weighted by Crippen LogP contribution is -2.28. The second kappa shape index (κ2) is 5.95. The summed E-state index contributed by atoms with van der Waals surface area (Å²) in [4.78, 5) is 12.2. The molecule has 2 N–H and O–H groups in total. The molecule has 1 heterocycles. The van der Waals surface area contributed by atoms with E-state index in [-0.39, 0.29) is 11.9 Å². The number of rotatable bonds is 3. The Morgan fingerprint density at radius 1 is 1.50 bits per heavy atom. The average Bonchev–Trinajstić information content (AvgIpc) is 2.69. The molecule has 106 valence electrons. The number of halogens is 2. The van der Waals surface area contributed by atoms with Gasteiger partial charge in [-0.2, -0.15) is 5.10 Å². The van der Waals surface area contributed by atoms with Crippen LogP contribution in [-0.4, -0.2) is 20.7 Å². The largest absolute Gasteiger partial charge is 0.342 e. The second-order valence-electron chi connectivity index (χ2n) is 4.27. The van der Waals surface area contributed by atoms with Crippen LogP contribution in [0.5, 0.6) is 0 Å². The Balaban J connectivity index is 2.19. The van der Waals surface area contributed by atoms with Gasteiger partial charge in [0.05, 0.1) is 16.6 Å². The molecule has 2 rings (SSSR count). The molecular weight excluding hydrogens is 319 g/mol. The fourth-order valence-electron chi connectivity index (χ4n) is 1.76. The number of benzene rings is 1. The highest BCUT2D eigenvalue weighted by Gasteiger charge is 2.17. The Hall–Kier alpha value is -1.37. The number of nitrogens with zero attached hydrogens (tertiary/aromatic N) is 2. The number of carbonyl (C=O) groups excluding carboxylic acids is 1. The first-order valence-electron chi connectivity index (χ1n) is 5.77. The first-order valence-corrected chi connectivity index (χ1v) is 6.93. The standard InChI is InChI=1S/C12H12Cl2N4OS/c1-6(10-16-17-12(20)18(10)2)15-11(19)8-4-3-7(13)5-9(8)14/h3-6H,1-2H3,(H,15,19)(H,17,20). The van der Waals surface area contributed by atoms with E-state index in [0.717, 1.165) is 0 Å². The van der Waals surface area contributed by atoms with E-state index in [2.05, 4.69) is 15.5 Å². The fraction of sp³-hybridized carbons (Fsp3) is 0.250. The highest BCUT2D eigenvalue weighted by molar-refractivity contribution is 7.71. The van der Waals surface area contributed by atoms with Gasteiger partial charge in [0.25, 0.3) is 5.91 Å². The molecule has 0 bridgehead atoms. The van der Waals surface area contributed by atoms with Crippen molar-refractivity contribution < 1.29 is 4.79 Å².